The molecule has 0 radical (unpaired) electrons. The summed E-state index contributed by atoms with van der Waals surface area (Å²) in [4.78, 5) is 45.0. The monoisotopic (exact) mass is 493 g/mol. The Balaban J connectivity index is 1.67. The van der Waals surface area contributed by atoms with E-state index in [0.29, 0.717) is 12.2 Å². The van der Waals surface area contributed by atoms with E-state index in [1.165, 1.54) is 21.9 Å². The van der Waals surface area contributed by atoms with E-state index in [1.807, 2.05) is 30.0 Å². The van der Waals surface area contributed by atoms with Crippen LogP contribution in [0.1, 0.15) is 50.3 Å². The second-order valence-electron chi connectivity index (χ2n) is 10.7. The summed E-state index contributed by atoms with van der Waals surface area (Å²) in [6.07, 6.45) is 1.20. The molecular formula is C28H35N3O5. The highest BCUT2D eigenvalue weighted by Gasteiger charge is 2.45. The van der Waals surface area contributed by atoms with Crippen molar-refractivity contribution in [2.75, 3.05) is 18.0 Å². The molecule has 8 nitrogen and oxygen atoms in total. The van der Waals surface area contributed by atoms with Gasteiger partial charge in [0, 0.05) is 18.3 Å². The van der Waals surface area contributed by atoms with E-state index in [9.17, 15) is 19.5 Å². The second kappa shape index (κ2) is 9.84. The third-order valence-corrected chi connectivity index (χ3v) is 6.69. The lowest BCUT2D eigenvalue weighted by Crippen LogP contribution is -2.63. The Morgan fingerprint density at radius 2 is 1.75 bits per heavy atom. The minimum absolute atomic E-state index is 0.0242. The van der Waals surface area contributed by atoms with Crippen molar-refractivity contribution in [1.82, 2.24) is 9.80 Å². The highest BCUT2D eigenvalue weighted by Crippen LogP contribution is 2.33. The molecule has 8 heteroatoms. The average Bonchev–Trinajstić information content (AvgIpc) is 3.64. The summed E-state index contributed by atoms with van der Waals surface area (Å²) in [6, 6.07) is 11.5. The zero-order valence-corrected chi connectivity index (χ0v) is 21.7. The van der Waals surface area contributed by atoms with Crippen LogP contribution in [0.4, 0.5) is 10.5 Å². The summed E-state index contributed by atoms with van der Waals surface area (Å²) in [6.45, 7) is 9.67. The number of aromatic hydroxyl groups is 1. The molecule has 0 unspecified atom stereocenters. The molecule has 2 aromatic rings. The van der Waals surface area contributed by atoms with Crippen LogP contribution in [0.3, 0.4) is 0 Å². The quantitative estimate of drug-likeness (QED) is 0.676. The van der Waals surface area contributed by atoms with Gasteiger partial charge in [0.25, 0.3) is 0 Å². The molecule has 1 saturated carbocycles. The summed E-state index contributed by atoms with van der Waals surface area (Å²) in [7, 11) is 0. The molecule has 192 valence electrons. The predicted molar refractivity (Wildman–Crippen MR) is 137 cm³/mol. The van der Waals surface area contributed by atoms with Crippen molar-refractivity contribution in [2.24, 2.45) is 0 Å². The number of carbonyl (C=O) groups excluding carboxylic acids is 3. The highest BCUT2D eigenvalue weighted by molar-refractivity contribution is 6.04. The molecule has 2 aliphatic rings. The van der Waals surface area contributed by atoms with E-state index in [2.05, 4.69) is 6.92 Å². The number of carbonyl (C=O) groups is 3. The molecule has 0 bridgehead atoms. The molecule has 1 aliphatic heterocycles. The van der Waals surface area contributed by atoms with Gasteiger partial charge in [-0.25, -0.2) is 4.79 Å². The Bertz CT molecular complexity index is 1150. The predicted octanol–water partition coefficient (Wildman–Crippen LogP) is 4.15. The lowest BCUT2D eigenvalue weighted by molar-refractivity contribution is -0.138. The summed E-state index contributed by atoms with van der Waals surface area (Å²) in [5.41, 5.74) is 3.14. The van der Waals surface area contributed by atoms with Crippen LogP contribution in [0.5, 0.6) is 5.75 Å². The van der Waals surface area contributed by atoms with Gasteiger partial charge in [0.05, 0.1) is 6.54 Å². The van der Waals surface area contributed by atoms with Gasteiger partial charge in [0.2, 0.25) is 11.8 Å². The van der Waals surface area contributed by atoms with Crippen LogP contribution in [-0.2, 0) is 20.9 Å². The van der Waals surface area contributed by atoms with Crippen molar-refractivity contribution in [3.05, 3.63) is 59.2 Å². The van der Waals surface area contributed by atoms with Gasteiger partial charge in [-0.05, 0) is 88.4 Å². The van der Waals surface area contributed by atoms with E-state index < -0.39 is 17.7 Å². The smallest absolute Gasteiger partial charge is 0.410 e. The number of phenolic OH excluding ortho intramolecular Hbond substituents is 1. The second-order valence-corrected chi connectivity index (χ2v) is 10.7. The Labute approximate surface area is 212 Å². The number of hydrogen-bond acceptors (Lipinski definition) is 5. The lowest BCUT2D eigenvalue weighted by Gasteiger charge is -2.42. The molecule has 1 N–H and O–H groups in total. The summed E-state index contributed by atoms with van der Waals surface area (Å²) >= 11 is 0. The number of benzene rings is 2. The maximum Gasteiger partial charge on any atom is 0.410 e. The van der Waals surface area contributed by atoms with E-state index in [1.54, 1.807) is 32.9 Å². The third-order valence-electron chi connectivity index (χ3n) is 6.69. The Morgan fingerprint density at radius 1 is 1.08 bits per heavy atom. The number of phenols is 1. The van der Waals surface area contributed by atoms with Crippen LogP contribution in [0.25, 0.3) is 0 Å². The first kappa shape index (κ1) is 25.5. The number of piperazine rings is 1. The largest absolute Gasteiger partial charge is 0.508 e. The number of rotatable bonds is 5. The van der Waals surface area contributed by atoms with Crippen molar-refractivity contribution in [1.29, 1.82) is 0 Å². The fourth-order valence-electron chi connectivity index (χ4n) is 4.49. The molecule has 2 aromatic carbocycles. The number of anilines is 1. The molecule has 1 heterocycles. The highest BCUT2D eigenvalue weighted by atomic mass is 16.6. The first-order valence-corrected chi connectivity index (χ1v) is 12.4. The van der Waals surface area contributed by atoms with Crippen LogP contribution in [0.15, 0.2) is 42.5 Å². The third kappa shape index (κ3) is 5.64. The van der Waals surface area contributed by atoms with Crippen molar-refractivity contribution in [3.63, 3.8) is 0 Å². The molecular weight excluding hydrogens is 458 g/mol. The minimum atomic E-state index is -0.908. The number of hydrogen-bond donors (Lipinski definition) is 1. The first-order valence-electron chi connectivity index (χ1n) is 12.4. The normalized spacial score (nSPS) is 18.2. The van der Waals surface area contributed by atoms with Gasteiger partial charge in [-0.15, -0.1) is 0 Å². The molecule has 1 aliphatic carbocycles. The SMILES string of the molecule is Cc1cccc(CN(C(=O)[C@@H]2CN(C(=O)OC(C)(C)C)CC(=O)N2c2ccc(O)cc2)C2CC2)c1C. The molecule has 36 heavy (non-hydrogen) atoms. The Kier molecular flexibility index (Phi) is 6.98. The zero-order valence-electron chi connectivity index (χ0n) is 21.7. The molecule has 3 amide bonds. The number of nitrogens with zero attached hydrogens (tertiary/aromatic N) is 3. The number of amides is 3. The fraction of sp³-hybridized carbons (Fsp3) is 0.464. The van der Waals surface area contributed by atoms with Crippen LogP contribution in [0, 0.1) is 13.8 Å². The maximum atomic E-state index is 14.1. The van der Waals surface area contributed by atoms with Gasteiger partial charge in [0.15, 0.2) is 0 Å². The average molecular weight is 494 g/mol. The van der Waals surface area contributed by atoms with E-state index in [-0.39, 0.29) is 36.7 Å². The van der Waals surface area contributed by atoms with E-state index in [4.69, 9.17) is 4.74 Å². The van der Waals surface area contributed by atoms with Crippen LogP contribution in [0.2, 0.25) is 0 Å². The summed E-state index contributed by atoms with van der Waals surface area (Å²) in [5.74, 6) is -0.511. The maximum absolute atomic E-state index is 14.1. The topological polar surface area (TPSA) is 90.4 Å². The minimum Gasteiger partial charge on any atom is -0.508 e. The number of ether oxygens (including phenoxy) is 1. The van der Waals surface area contributed by atoms with Gasteiger partial charge in [0.1, 0.15) is 23.9 Å². The van der Waals surface area contributed by atoms with Gasteiger partial charge < -0.3 is 14.7 Å². The van der Waals surface area contributed by atoms with Crippen molar-refractivity contribution in [3.8, 4) is 5.75 Å². The van der Waals surface area contributed by atoms with Gasteiger partial charge >= 0.3 is 6.09 Å². The Hall–Kier alpha value is -3.55. The fourth-order valence-corrected chi connectivity index (χ4v) is 4.49. The first-order chi connectivity index (χ1) is 16.9. The molecule has 1 atom stereocenters. The van der Waals surface area contributed by atoms with Crippen molar-refractivity contribution >= 4 is 23.6 Å². The summed E-state index contributed by atoms with van der Waals surface area (Å²) < 4.78 is 5.51. The Morgan fingerprint density at radius 3 is 2.36 bits per heavy atom. The van der Waals surface area contributed by atoms with Crippen molar-refractivity contribution in [2.45, 2.75) is 71.7 Å². The van der Waals surface area contributed by atoms with Gasteiger partial charge in [-0.1, -0.05) is 18.2 Å². The standard InChI is InChI=1S/C28H35N3O5/c1-18-7-6-8-20(19(18)2)15-30(21-9-10-21)26(34)24-16-29(27(35)36-28(3,4)5)17-25(33)31(24)22-11-13-23(32)14-12-22/h6-8,11-14,21,24,32H,9-10,15-17H2,1-5H3/t24-/m0/s1. The van der Waals surface area contributed by atoms with Crippen LogP contribution < -0.4 is 4.90 Å². The van der Waals surface area contributed by atoms with Gasteiger partial charge in [-0.2, -0.15) is 0 Å². The zero-order chi connectivity index (χ0) is 26.2. The van der Waals surface area contributed by atoms with Crippen LogP contribution in [-0.4, -0.2) is 63.6 Å². The van der Waals surface area contributed by atoms with E-state index in [0.717, 1.165) is 29.5 Å². The summed E-state index contributed by atoms with van der Waals surface area (Å²) in [5, 5.41) is 9.75. The van der Waals surface area contributed by atoms with Crippen molar-refractivity contribution < 1.29 is 24.2 Å². The van der Waals surface area contributed by atoms with E-state index >= 15 is 0 Å². The molecule has 1 saturated heterocycles. The van der Waals surface area contributed by atoms with Crippen LogP contribution >= 0.6 is 0 Å². The number of aryl methyl sites for hydroxylation is 1. The molecule has 0 aromatic heterocycles. The molecule has 2 fully saturated rings. The van der Waals surface area contributed by atoms with Gasteiger partial charge in [-0.3, -0.25) is 19.4 Å². The molecule has 0 spiro atoms. The molecule has 4 rings (SSSR count). The lowest BCUT2D eigenvalue weighted by atomic mass is 10.0.